The topological polar surface area (TPSA) is 67.2 Å². The van der Waals surface area contributed by atoms with Crippen LogP contribution in [0.4, 0.5) is 5.69 Å². The summed E-state index contributed by atoms with van der Waals surface area (Å²) in [7, 11) is 0. The largest absolute Gasteiger partial charge is 0.436 e. The van der Waals surface area contributed by atoms with Crippen molar-refractivity contribution in [3.05, 3.63) is 82.3 Å². The molecule has 0 saturated heterocycles. The zero-order valence-corrected chi connectivity index (χ0v) is 19.4. The number of carbonyl (C=O) groups is 1. The van der Waals surface area contributed by atoms with Gasteiger partial charge in [0.15, 0.2) is 10.7 Å². The molecule has 7 heteroatoms. The minimum absolute atomic E-state index is 0.206. The van der Waals surface area contributed by atoms with Gasteiger partial charge in [-0.2, -0.15) is 0 Å². The Labute approximate surface area is 194 Å². The molecule has 0 aliphatic heterocycles. The number of amides is 1. The molecule has 1 amide bonds. The lowest BCUT2D eigenvalue weighted by Gasteiger charge is -2.09. The van der Waals surface area contributed by atoms with E-state index in [-0.39, 0.29) is 11.0 Å². The van der Waals surface area contributed by atoms with Crippen molar-refractivity contribution in [3.8, 4) is 11.5 Å². The Morgan fingerprint density at radius 3 is 2.55 bits per heavy atom. The molecule has 0 unspecified atom stereocenters. The summed E-state index contributed by atoms with van der Waals surface area (Å²) in [4.78, 5) is 17.0. The number of anilines is 1. The maximum Gasteiger partial charge on any atom is 0.257 e. The number of hydrogen-bond donors (Lipinski definition) is 2. The predicted molar refractivity (Wildman–Crippen MR) is 131 cm³/mol. The molecule has 0 aliphatic rings. The van der Waals surface area contributed by atoms with Crippen LogP contribution in [0.25, 0.3) is 22.6 Å². The van der Waals surface area contributed by atoms with Crippen molar-refractivity contribution >= 4 is 56.0 Å². The molecule has 0 fully saturated rings. The number of nitrogens with one attached hydrogen (secondary N) is 2. The third-order valence-electron chi connectivity index (χ3n) is 4.78. The van der Waals surface area contributed by atoms with E-state index >= 15 is 0 Å². The highest BCUT2D eigenvalue weighted by atomic mass is 79.9. The lowest BCUT2D eigenvalue weighted by atomic mass is 10.0. The molecule has 0 bridgehead atoms. The molecule has 3 aromatic carbocycles. The van der Waals surface area contributed by atoms with Gasteiger partial charge in [0.1, 0.15) is 5.52 Å². The number of benzene rings is 3. The second kappa shape index (κ2) is 8.99. The number of aromatic nitrogens is 1. The monoisotopic (exact) mass is 493 g/mol. The summed E-state index contributed by atoms with van der Waals surface area (Å²) in [5.41, 5.74) is 4.80. The maximum atomic E-state index is 12.3. The molecule has 0 saturated carbocycles. The van der Waals surface area contributed by atoms with Crippen LogP contribution in [0.5, 0.6) is 0 Å². The van der Waals surface area contributed by atoms with Crippen LogP contribution in [0.2, 0.25) is 0 Å². The van der Waals surface area contributed by atoms with Crippen molar-refractivity contribution in [2.75, 3.05) is 5.32 Å². The molecular formula is C24H20BrN3O2S. The highest BCUT2D eigenvalue weighted by molar-refractivity contribution is 9.10. The van der Waals surface area contributed by atoms with Crippen LogP contribution in [-0.2, 0) is 0 Å². The standard InChI is InChI=1S/C24H20BrN3O2S/c1-14(2)15-6-8-16(9-7-15)23-27-20-13-19(10-11-21(20)30-23)26-24(31)28-22(29)17-4-3-5-18(25)12-17/h3-14H,1-2H3,(H2,26,28,29,31). The van der Waals surface area contributed by atoms with Gasteiger partial charge in [-0.15, -0.1) is 0 Å². The molecule has 0 radical (unpaired) electrons. The van der Waals surface area contributed by atoms with Crippen molar-refractivity contribution in [1.82, 2.24) is 10.3 Å². The number of nitrogens with zero attached hydrogens (tertiary/aromatic N) is 1. The highest BCUT2D eigenvalue weighted by Crippen LogP contribution is 2.27. The van der Waals surface area contributed by atoms with E-state index in [2.05, 4.69) is 57.5 Å². The van der Waals surface area contributed by atoms with Crippen LogP contribution < -0.4 is 10.6 Å². The van der Waals surface area contributed by atoms with Gasteiger partial charge in [0.05, 0.1) is 0 Å². The first kappa shape index (κ1) is 21.2. The molecule has 4 aromatic rings. The van der Waals surface area contributed by atoms with Gasteiger partial charge in [-0.1, -0.05) is 48.0 Å². The fourth-order valence-electron chi connectivity index (χ4n) is 3.11. The normalized spacial score (nSPS) is 11.0. The molecular weight excluding hydrogens is 474 g/mol. The predicted octanol–water partition coefficient (Wildman–Crippen LogP) is 6.51. The number of halogens is 1. The molecule has 5 nitrogen and oxygen atoms in total. The van der Waals surface area contributed by atoms with Crippen molar-refractivity contribution < 1.29 is 9.21 Å². The fourth-order valence-corrected chi connectivity index (χ4v) is 3.72. The average molecular weight is 494 g/mol. The van der Waals surface area contributed by atoms with Crippen LogP contribution in [0.1, 0.15) is 35.7 Å². The number of carbonyl (C=O) groups excluding carboxylic acids is 1. The number of oxazole rings is 1. The van der Waals surface area contributed by atoms with E-state index in [1.165, 1.54) is 5.56 Å². The van der Waals surface area contributed by atoms with Gasteiger partial charge < -0.3 is 9.73 Å². The molecule has 0 aliphatic carbocycles. The Morgan fingerprint density at radius 2 is 1.84 bits per heavy atom. The van der Waals surface area contributed by atoms with Gasteiger partial charge in [0, 0.05) is 21.3 Å². The summed E-state index contributed by atoms with van der Waals surface area (Å²) in [6.07, 6.45) is 0. The van der Waals surface area contributed by atoms with Gasteiger partial charge in [0.25, 0.3) is 5.91 Å². The van der Waals surface area contributed by atoms with E-state index in [1.54, 1.807) is 18.2 Å². The van der Waals surface area contributed by atoms with Gasteiger partial charge in [0.2, 0.25) is 5.89 Å². The van der Waals surface area contributed by atoms with Crippen molar-refractivity contribution in [2.45, 2.75) is 19.8 Å². The van der Waals surface area contributed by atoms with Crippen molar-refractivity contribution in [2.24, 2.45) is 0 Å². The number of hydrogen-bond acceptors (Lipinski definition) is 4. The van der Waals surface area contributed by atoms with E-state index in [0.29, 0.717) is 34.2 Å². The zero-order valence-electron chi connectivity index (χ0n) is 17.0. The third kappa shape index (κ3) is 5.00. The Balaban J connectivity index is 1.47. The lowest BCUT2D eigenvalue weighted by molar-refractivity contribution is 0.0977. The van der Waals surface area contributed by atoms with Crippen LogP contribution >= 0.6 is 28.1 Å². The summed E-state index contributed by atoms with van der Waals surface area (Å²) < 4.78 is 6.73. The third-order valence-corrected chi connectivity index (χ3v) is 5.48. The molecule has 156 valence electrons. The molecule has 1 aromatic heterocycles. The Kier molecular flexibility index (Phi) is 6.15. The van der Waals surface area contributed by atoms with E-state index in [0.717, 1.165) is 10.0 Å². The van der Waals surface area contributed by atoms with Gasteiger partial charge in [-0.05, 0) is 72.2 Å². The number of rotatable bonds is 4. The summed E-state index contributed by atoms with van der Waals surface area (Å²) in [5.74, 6) is 0.750. The molecule has 0 spiro atoms. The van der Waals surface area contributed by atoms with Gasteiger partial charge in [-0.3, -0.25) is 10.1 Å². The van der Waals surface area contributed by atoms with Crippen LogP contribution in [0.3, 0.4) is 0 Å². The van der Waals surface area contributed by atoms with Crippen LogP contribution in [0.15, 0.2) is 75.6 Å². The Bertz CT molecular complexity index is 1270. The maximum absolute atomic E-state index is 12.3. The number of thiocarbonyl (C=S) groups is 1. The Morgan fingerprint density at radius 1 is 1.06 bits per heavy atom. The molecule has 4 rings (SSSR count). The summed E-state index contributed by atoms with van der Waals surface area (Å²) in [5, 5.41) is 5.91. The van der Waals surface area contributed by atoms with E-state index in [4.69, 9.17) is 16.6 Å². The van der Waals surface area contributed by atoms with E-state index in [9.17, 15) is 4.79 Å². The smallest absolute Gasteiger partial charge is 0.257 e. The molecule has 2 N–H and O–H groups in total. The van der Waals surface area contributed by atoms with Gasteiger partial charge >= 0.3 is 0 Å². The first-order chi connectivity index (χ1) is 14.9. The van der Waals surface area contributed by atoms with Crippen LogP contribution in [-0.4, -0.2) is 16.0 Å². The summed E-state index contributed by atoms with van der Waals surface area (Å²) in [6.45, 7) is 4.32. The van der Waals surface area contributed by atoms with Crippen molar-refractivity contribution in [3.63, 3.8) is 0 Å². The molecule has 0 atom stereocenters. The quantitative estimate of drug-likeness (QED) is 0.317. The first-order valence-electron chi connectivity index (χ1n) is 9.78. The summed E-state index contributed by atoms with van der Waals surface area (Å²) in [6, 6.07) is 20.8. The van der Waals surface area contributed by atoms with E-state index < -0.39 is 0 Å². The lowest BCUT2D eigenvalue weighted by Crippen LogP contribution is -2.34. The summed E-state index contributed by atoms with van der Waals surface area (Å²) >= 11 is 8.64. The second-order valence-electron chi connectivity index (χ2n) is 7.40. The first-order valence-corrected chi connectivity index (χ1v) is 11.0. The van der Waals surface area contributed by atoms with Crippen molar-refractivity contribution in [1.29, 1.82) is 0 Å². The zero-order chi connectivity index (χ0) is 22.0. The number of fused-ring (bicyclic) bond motifs is 1. The minimum Gasteiger partial charge on any atom is -0.436 e. The highest BCUT2D eigenvalue weighted by Gasteiger charge is 2.12. The Hall–Kier alpha value is -3.03. The van der Waals surface area contributed by atoms with Gasteiger partial charge in [-0.25, -0.2) is 4.98 Å². The minimum atomic E-state index is -0.284. The molecule has 1 heterocycles. The SMILES string of the molecule is CC(C)c1ccc(-c2nc3cc(NC(=S)NC(=O)c4cccc(Br)c4)ccc3o2)cc1. The van der Waals surface area contributed by atoms with Crippen LogP contribution in [0, 0.1) is 0 Å². The second-order valence-corrected chi connectivity index (χ2v) is 8.72. The van der Waals surface area contributed by atoms with E-state index in [1.807, 2.05) is 36.4 Å². The molecule has 31 heavy (non-hydrogen) atoms. The average Bonchev–Trinajstić information content (AvgIpc) is 3.17. The fraction of sp³-hybridized carbons (Fsp3) is 0.125.